The Hall–Kier alpha value is -1.81. The quantitative estimate of drug-likeness (QED) is 0.902. The number of carbonyl (C=O) groups excluding carboxylic acids is 1. The lowest BCUT2D eigenvalue weighted by Gasteiger charge is -2.06. The van der Waals surface area contributed by atoms with Gasteiger partial charge < -0.3 is 5.32 Å². The maximum atomic E-state index is 12.1. The summed E-state index contributed by atoms with van der Waals surface area (Å²) >= 11 is 6.11. The highest BCUT2D eigenvalue weighted by Crippen LogP contribution is 2.20. The number of aromatic nitrogens is 2. The zero-order chi connectivity index (χ0) is 14.0. The third kappa shape index (κ3) is 2.79. The molecule has 0 fully saturated rings. The Kier molecular flexibility index (Phi) is 3.90. The molecular weight excluding hydrogens is 262 g/mol. The molecule has 1 aromatic heterocycles. The number of halogens is 1. The second kappa shape index (κ2) is 5.45. The summed E-state index contributed by atoms with van der Waals surface area (Å²) in [5.74, 6) is 0.345. The summed E-state index contributed by atoms with van der Waals surface area (Å²) in [5.41, 5.74) is 3.44. The molecule has 1 aromatic carbocycles. The number of aromatic amines is 1. The number of hydrogen-bond donors (Lipinski definition) is 2. The van der Waals surface area contributed by atoms with E-state index in [1.54, 1.807) is 12.1 Å². The number of anilines is 1. The average Bonchev–Trinajstić information content (AvgIpc) is 2.70. The van der Waals surface area contributed by atoms with Crippen LogP contribution in [0, 0.1) is 13.8 Å². The molecule has 19 heavy (non-hydrogen) atoms. The lowest BCUT2D eigenvalue weighted by molar-refractivity contribution is 0.102. The predicted molar refractivity (Wildman–Crippen MR) is 76.8 cm³/mol. The molecule has 0 atom stereocenters. The van der Waals surface area contributed by atoms with Crippen molar-refractivity contribution in [2.45, 2.75) is 27.2 Å². The van der Waals surface area contributed by atoms with Gasteiger partial charge in [0.1, 0.15) is 0 Å². The smallest absolute Gasteiger partial charge is 0.256 e. The number of nitrogens with one attached hydrogen (secondary N) is 2. The highest BCUT2D eigenvalue weighted by molar-refractivity contribution is 6.31. The van der Waals surface area contributed by atoms with Crippen LogP contribution in [0.3, 0.4) is 0 Å². The first-order valence-electron chi connectivity index (χ1n) is 6.14. The van der Waals surface area contributed by atoms with Crippen molar-refractivity contribution in [3.05, 3.63) is 45.6 Å². The number of rotatable bonds is 3. The zero-order valence-corrected chi connectivity index (χ0v) is 11.9. The molecule has 0 saturated heterocycles. The number of hydrogen-bond acceptors (Lipinski definition) is 2. The SMILES string of the molecule is CCc1ccc(C(=O)Nc2n[nH]c(C)c2C)cc1Cl. The van der Waals surface area contributed by atoms with Crippen LogP contribution in [-0.4, -0.2) is 16.1 Å². The second-order valence-electron chi connectivity index (χ2n) is 4.44. The Morgan fingerprint density at radius 1 is 1.42 bits per heavy atom. The van der Waals surface area contributed by atoms with Crippen LogP contribution in [-0.2, 0) is 6.42 Å². The monoisotopic (exact) mass is 277 g/mol. The van der Waals surface area contributed by atoms with Crippen LogP contribution in [0.25, 0.3) is 0 Å². The van der Waals surface area contributed by atoms with Gasteiger partial charge in [0.25, 0.3) is 5.91 Å². The molecule has 0 bridgehead atoms. The molecule has 1 heterocycles. The number of aryl methyl sites for hydroxylation is 2. The summed E-state index contributed by atoms with van der Waals surface area (Å²) in [5, 5.41) is 10.3. The molecule has 0 aliphatic heterocycles. The Morgan fingerprint density at radius 2 is 2.16 bits per heavy atom. The van der Waals surface area contributed by atoms with E-state index in [9.17, 15) is 4.79 Å². The van der Waals surface area contributed by atoms with Crippen molar-refractivity contribution >= 4 is 23.3 Å². The second-order valence-corrected chi connectivity index (χ2v) is 4.84. The van der Waals surface area contributed by atoms with Gasteiger partial charge in [0.2, 0.25) is 0 Å². The summed E-state index contributed by atoms with van der Waals surface area (Å²) in [6.07, 6.45) is 0.846. The fraction of sp³-hybridized carbons (Fsp3) is 0.286. The molecule has 0 unspecified atom stereocenters. The first kappa shape index (κ1) is 13.6. The first-order valence-corrected chi connectivity index (χ1v) is 6.52. The van der Waals surface area contributed by atoms with Crippen molar-refractivity contribution in [2.75, 3.05) is 5.32 Å². The van der Waals surface area contributed by atoms with E-state index in [1.807, 2.05) is 26.8 Å². The fourth-order valence-electron chi connectivity index (χ4n) is 1.76. The van der Waals surface area contributed by atoms with Crippen LogP contribution in [0.4, 0.5) is 5.82 Å². The van der Waals surface area contributed by atoms with Gasteiger partial charge in [-0.2, -0.15) is 5.10 Å². The van der Waals surface area contributed by atoms with E-state index in [0.29, 0.717) is 16.4 Å². The number of H-pyrrole nitrogens is 1. The lowest BCUT2D eigenvalue weighted by atomic mass is 10.1. The van der Waals surface area contributed by atoms with Gasteiger partial charge >= 0.3 is 0 Å². The summed E-state index contributed by atoms with van der Waals surface area (Å²) in [6, 6.07) is 5.33. The van der Waals surface area contributed by atoms with Gasteiger partial charge in [0.15, 0.2) is 5.82 Å². The lowest BCUT2D eigenvalue weighted by Crippen LogP contribution is -2.13. The van der Waals surface area contributed by atoms with Crippen LogP contribution in [0.1, 0.15) is 34.1 Å². The van der Waals surface area contributed by atoms with E-state index >= 15 is 0 Å². The van der Waals surface area contributed by atoms with E-state index in [4.69, 9.17) is 11.6 Å². The molecule has 0 aliphatic rings. The number of benzene rings is 1. The number of carbonyl (C=O) groups is 1. The van der Waals surface area contributed by atoms with E-state index in [1.165, 1.54) is 0 Å². The molecule has 0 saturated carbocycles. The van der Waals surface area contributed by atoms with Crippen LogP contribution in [0.2, 0.25) is 5.02 Å². The van der Waals surface area contributed by atoms with Gasteiger partial charge in [0.05, 0.1) is 0 Å². The predicted octanol–water partition coefficient (Wildman–Crippen LogP) is 3.49. The van der Waals surface area contributed by atoms with Gasteiger partial charge in [-0.3, -0.25) is 9.89 Å². The molecule has 0 spiro atoms. The van der Waals surface area contributed by atoms with Gasteiger partial charge in [-0.15, -0.1) is 0 Å². The molecule has 0 aliphatic carbocycles. The highest BCUT2D eigenvalue weighted by atomic mass is 35.5. The molecule has 0 radical (unpaired) electrons. The number of nitrogens with zero attached hydrogens (tertiary/aromatic N) is 1. The van der Waals surface area contributed by atoms with E-state index in [2.05, 4.69) is 15.5 Å². The fourth-order valence-corrected chi connectivity index (χ4v) is 2.08. The minimum Gasteiger partial charge on any atom is -0.305 e. The van der Waals surface area contributed by atoms with E-state index in [-0.39, 0.29) is 5.91 Å². The average molecular weight is 278 g/mol. The zero-order valence-electron chi connectivity index (χ0n) is 11.2. The summed E-state index contributed by atoms with van der Waals surface area (Å²) in [7, 11) is 0. The molecule has 4 nitrogen and oxygen atoms in total. The largest absolute Gasteiger partial charge is 0.305 e. The Morgan fingerprint density at radius 3 is 2.68 bits per heavy atom. The van der Waals surface area contributed by atoms with E-state index in [0.717, 1.165) is 23.2 Å². The molecular formula is C14H16ClN3O. The van der Waals surface area contributed by atoms with E-state index < -0.39 is 0 Å². The minimum absolute atomic E-state index is 0.209. The van der Waals surface area contributed by atoms with Crippen molar-refractivity contribution in [1.82, 2.24) is 10.2 Å². The highest BCUT2D eigenvalue weighted by Gasteiger charge is 2.12. The maximum absolute atomic E-state index is 12.1. The van der Waals surface area contributed by atoms with Crippen LogP contribution >= 0.6 is 11.6 Å². The topological polar surface area (TPSA) is 57.8 Å². The summed E-state index contributed by atoms with van der Waals surface area (Å²) < 4.78 is 0. The normalized spacial score (nSPS) is 10.5. The molecule has 1 amide bonds. The molecule has 2 rings (SSSR count). The first-order chi connectivity index (χ1) is 9.02. The van der Waals surface area contributed by atoms with Crippen LogP contribution in [0.15, 0.2) is 18.2 Å². The molecule has 2 N–H and O–H groups in total. The van der Waals surface area contributed by atoms with Crippen molar-refractivity contribution in [2.24, 2.45) is 0 Å². The van der Waals surface area contributed by atoms with Crippen LogP contribution in [0.5, 0.6) is 0 Å². The third-order valence-electron chi connectivity index (χ3n) is 3.18. The van der Waals surface area contributed by atoms with Crippen molar-refractivity contribution < 1.29 is 4.79 Å². The van der Waals surface area contributed by atoms with Gasteiger partial charge in [0, 0.05) is 21.8 Å². The Bertz CT molecular complexity index is 619. The van der Waals surface area contributed by atoms with Crippen molar-refractivity contribution in [3.63, 3.8) is 0 Å². The van der Waals surface area contributed by atoms with Gasteiger partial charge in [-0.25, -0.2) is 0 Å². The Balaban J connectivity index is 2.21. The van der Waals surface area contributed by atoms with Gasteiger partial charge in [-0.1, -0.05) is 24.6 Å². The third-order valence-corrected chi connectivity index (χ3v) is 3.53. The number of amides is 1. The minimum atomic E-state index is -0.209. The molecule has 2 aromatic rings. The molecule has 5 heteroatoms. The standard InChI is InChI=1S/C14H16ClN3O/c1-4-10-5-6-11(7-12(10)15)14(19)16-13-8(2)9(3)17-18-13/h5-7H,4H2,1-3H3,(H2,16,17,18,19). The summed E-state index contributed by atoms with van der Waals surface area (Å²) in [6.45, 7) is 5.84. The molecule has 100 valence electrons. The summed E-state index contributed by atoms with van der Waals surface area (Å²) in [4.78, 5) is 12.1. The van der Waals surface area contributed by atoms with Crippen molar-refractivity contribution in [3.8, 4) is 0 Å². The Labute approximate surface area is 117 Å². The van der Waals surface area contributed by atoms with Crippen LogP contribution < -0.4 is 5.32 Å². The maximum Gasteiger partial charge on any atom is 0.256 e. The van der Waals surface area contributed by atoms with Crippen molar-refractivity contribution in [1.29, 1.82) is 0 Å². The van der Waals surface area contributed by atoms with Gasteiger partial charge in [-0.05, 0) is 38.0 Å².